The number of alkyl halides is 1. The number of imidazole rings is 1. The molecule has 0 aliphatic rings. The second kappa shape index (κ2) is 4.46. The maximum Gasteiger partial charge on any atom is 0.138 e. The van der Waals surface area contributed by atoms with Crippen molar-refractivity contribution < 1.29 is 0 Å². The number of H-pyrrole nitrogens is 1. The lowest BCUT2D eigenvalue weighted by molar-refractivity contribution is 1.32. The van der Waals surface area contributed by atoms with Crippen LogP contribution in [-0.4, -0.2) is 9.97 Å². The number of nitrogens with zero attached hydrogens (tertiary/aromatic N) is 1. The molecule has 0 saturated carbocycles. The van der Waals surface area contributed by atoms with Gasteiger partial charge in [0.2, 0.25) is 0 Å². The van der Waals surface area contributed by atoms with Gasteiger partial charge in [0.1, 0.15) is 5.82 Å². The second-order valence-corrected chi connectivity index (χ2v) is 4.70. The number of fused-ring (bicyclic) bond motifs is 1. The standard InChI is InChI=1S/C15H13ClN2/c1-10-2-7-13-14(8-10)18-15(17-13)12-5-3-11(9-16)4-6-12/h2-8H,9H2,1H3,(H,17,18). The molecule has 2 nitrogen and oxygen atoms in total. The van der Waals surface area contributed by atoms with Gasteiger partial charge in [-0.2, -0.15) is 0 Å². The predicted octanol–water partition coefficient (Wildman–Crippen LogP) is 4.28. The highest BCUT2D eigenvalue weighted by Gasteiger charge is 2.05. The van der Waals surface area contributed by atoms with Gasteiger partial charge in [-0.25, -0.2) is 4.98 Å². The number of benzene rings is 2. The van der Waals surface area contributed by atoms with Crippen molar-refractivity contribution >= 4 is 22.6 Å². The van der Waals surface area contributed by atoms with Crippen LogP contribution in [-0.2, 0) is 5.88 Å². The number of hydrogen-bond donors (Lipinski definition) is 1. The van der Waals surface area contributed by atoms with Gasteiger partial charge in [-0.05, 0) is 30.2 Å². The van der Waals surface area contributed by atoms with Crippen molar-refractivity contribution in [1.29, 1.82) is 0 Å². The minimum Gasteiger partial charge on any atom is -0.338 e. The molecule has 90 valence electrons. The summed E-state index contributed by atoms with van der Waals surface area (Å²) >= 11 is 5.78. The molecular formula is C15H13ClN2. The Morgan fingerprint density at radius 1 is 1.11 bits per heavy atom. The number of aromatic nitrogens is 2. The number of rotatable bonds is 2. The molecule has 3 heteroatoms. The molecule has 0 bridgehead atoms. The first-order valence-corrected chi connectivity index (χ1v) is 6.41. The third-order valence-corrected chi connectivity index (χ3v) is 3.33. The van der Waals surface area contributed by atoms with Crippen LogP contribution in [0.25, 0.3) is 22.4 Å². The van der Waals surface area contributed by atoms with Gasteiger partial charge in [0.05, 0.1) is 11.0 Å². The van der Waals surface area contributed by atoms with E-state index in [1.54, 1.807) is 0 Å². The van der Waals surface area contributed by atoms with E-state index in [1.165, 1.54) is 5.56 Å². The first-order valence-electron chi connectivity index (χ1n) is 5.88. The van der Waals surface area contributed by atoms with Gasteiger partial charge in [-0.3, -0.25) is 0 Å². The Morgan fingerprint density at radius 3 is 2.61 bits per heavy atom. The molecule has 2 aromatic carbocycles. The van der Waals surface area contributed by atoms with Crippen LogP contribution in [0, 0.1) is 6.92 Å². The molecule has 0 radical (unpaired) electrons. The normalized spacial score (nSPS) is 11.0. The summed E-state index contributed by atoms with van der Waals surface area (Å²) in [6, 6.07) is 14.4. The van der Waals surface area contributed by atoms with Crippen LogP contribution < -0.4 is 0 Å². The van der Waals surface area contributed by atoms with E-state index in [2.05, 4.69) is 29.0 Å². The van der Waals surface area contributed by atoms with Crippen molar-refractivity contribution in [2.75, 3.05) is 0 Å². The molecule has 0 aliphatic heterocycles. The van der Waals surface area contributed by atoms with E-state index in [0.717, 1.165) is 28.0 Å². The Hall–Kier alpha value is -1.80. The third-order valence-electron chi connectivity index (χ3n) is 3.02. The molecule has 0 unspecified atom stereocenters. The van der Waals surface area contributed by atoms with Crippen molar-refractivity contribution in [3.05, 3.63) is 53.6 Å². The fourth-order valence-corrected chi connectivity index (χ4v) is 2.19. The summed E-state index contributed by atoms with van der Waals surface area (Å²) in [5.41, 5.74) is 5.50. The lowest BCUT2D eigenvalue weighted by atomic mass is 10.1. The molecule has 0 fully saturated rings. The summed E-state index contributed by atoms with van der Waals surface area (Å²) in [5.74, 6) is 1.44. The first kappa shape index (κ1) is 11.3. The molecule has 18 heavy (non-hydrogen) atoms. The Labute approximate surface area is 111 Å². The fourth-order valence-electron chi connectivity index (χ4n) is 2.01. The number of aromatic amines is 1. The molecule has 0 atom stereocenters. The van der Waals surface area contributed by atoms with Gasteiger partial charge in [-0.1, -0.05) is 30.3 Å². The quantitative estimate of drug-likeness (QED) is 0.682. The highest BCUT2D eigenvalue weighted by Crippen LogP contribution is 2.21. The van der Waals surface area contributed by atoms with Crippen LogP contribution in [0.2, 0.25) is 0 Å². The topological polar surface area (TPSA) is 28.7 Å². The molecule has 1 heterocycles. The lowest BCUT2D eigenvalue weighted by Gasteiger charge is -1.98. The maximum atomic E-state index is 5.78. The number of halogens is 1. The fraction of sp³-hybridized carbons (Fsp3) is 0.133. The highest BCUT2D eigenvalue weighted by molar-refractivity contribution is 6.17. The van der Waals surface area contributed by atoms with Crippen LogP contribution in [0.5, 0.6) is 0 Å². The Kier molecular flexibility index (Phi) is 2.80. The smallest absolute Gasteiger partial charge is 0.138 e. The van der Waals surface area contributed by atoms with Crippen molar-refractivity contribution in [2.45, 2.75) is 12.8 Å². The zero-order valence-corrected chi connectivity index (χ0v) is 10.8. The van der Waals surface area contributed by atoms with E-state index in [-0.39, 0.29) is 0 Å². The van der Waals surface area contributed by atoms with Crippen LogP contribution in [0.3, 0.4) is 0 Å². The largest absolute Gasteiger partial charge is 0.338 e. The average Bonchev–Trinajstić information content (AvgIpc) is 2.81. The molecule has 3 aromatic rings. The minimum absolute atomic E-state index is 0.541. The van der Waals surface area contributed by atoms with Crippen molar-refractivity contribution in [3.8, 4) is 11.4 Å². The molecule has 1 N–H and O–H groups in total. The van der Waals surface area contributed by atoms with Crippen LogP contribution >= 0.6 is 11.6 Å². The summed E-state index contributed by atoms with van der Waals surface area (Å²) in [6.07, 6.45) is 0. The summed E-state index contributed by atoms with van der Waals surface area (Å²) in [6.45, 7) is 2.08. The van der Waals surface area contributed by atoms with Gasteiger partial charge in [-0.15, -0.1) is 11.6 Å². The molecule has 0 aliphatic carbocycles. The predicted molar refractivity (Wildman–Crippen MR) is 75.8 cm³/mol. The monoisotopic (exact) mass is 256 g/mol. The summed E-state index contributed by atoms with van der Waals surface area (Å²) in [5, 5.41) is 0. The first-order chi connectivity index (χ1) is 8.76. The molecule has 3 rings (SSSR count). The number of hydrogen-bond acceptors (Lipinski definition) is 1. The SMILES string of the molecule is Cc1ccc2nc(-c3ccc(CCl)cc3)[nH]c2c1. The van der Waals surface area contributed by atoms with Crippen LogP contribution in [0.4, 0.5) is 0 Å². The molecule has 0 saturated heterocycles. The van der Waals surface area contributed by atoms with E-state index < -0.39 is 0 Å². The van der Waals surface area contributed by atoms with Crippen molar-refractivity contribution in [1.82, 2.24) is 9.97 Å². The van der Waals surface area contributed by atoms with Crippen LogP contribution in [0.15, 0.2) is 42.5 Å². The molecule has 0 amide bonds. The maximum absolute atomic E-state index is 5.78. The second-order valence-electron chi connectivity index (χ2n) is 4.44. The highest BCUT2D eigenvalue weighted by atomic mass is 35.5. The van der Waals surface area contributed by atoms with Gasteiger partial charge in [0.15, 0.2) is 0 Å². The zero-order chi connectivity index (χ0) is 12.5. The lowest BCUT2D eigenvalue weighted by Crippen LogP contribution is -1.82. The van der Waals surface area contributed by atoms with Crippen LogP contribution in [0.1, 0.15) is 11.1 Å². The molecular weight excluding hydrogens is 244 g/mol. The molecule has 1 aromatic heterocycles. The summed E-state index contributed by atoms with van der Waals surface area (Å²) < 4.78 is 0. The van der Waals surface area contributed by atoms with Crippen molar-refractivity contribution in [2.24, 2.45) is 0 Å². The van der Waals surface area contributed by atoms with E-state index in [1.807, 2.05) is 30.3 Å². The van der Waals surface area contributed by atoms with E-state index in [9.17, 15) is 0 Å². The van der Waals surface area contributed by atoms with Crippen molar-refractivity contribution in [3.63, 3.8) is 0 Å². The number of nitrogens with one attached hydrogen (secondary N) is 1. The Morgan fingerprint density at radius 2 is 1.89 bits per heavy atom. The van der Waals surface area contributed by atoms with E-state index >= 15 is 0 Å². The molecule has 0 spiro atoms. The van der Waals surface area contributed by atoms with E-state index in [0.29, 0.717) is 5.88 Å². The Bertz CT molecular complexity index is 683. The Balaban J connectivity index is 2.07. The summed E-state index contributed by atoms with van der Waals surface area (Å²) in [4.78, 5) is 7.94. The van der Waals surface area contributed by atoms with E-state index in [4.69, 9.17) is 11.6 Å². The minimum atomic E-state index is 0.541. The average molecular weight is 257 g/mol. The number of aryl methyl sites for hydroxylation is 1. The van der Waals surface area contributed by atoms with Gasteiger partial charge >= 0.3 is 0 Å². The zero-order valence-electron chi connectivity index (χ0n) is 10.1. The third kappa shape index (κ3) is 2.00. The van der Waals surface area contributed by atoms with Gasteiger partial charge < -0.3 is 4.98 Å². The summed E-state index contributed by atoms with van der Waals surface area (Å²) in [7, 11) is 0. The van der Waals surface area contributed by atoms with Gasteiger partial charge in [0.25, 0.3) is 0 Å². The van der Waals surface area contributed by atoms with Gasteiger partial charge in [0, 0.05) is 11.4 Å².